The lowest BCUT2D eigenvalue weighted by molar-refractivity contribution is -0.127. The number of nitrogens with one attached hydrogen (secondary N) is 1. The van der Waals surface area contributed by atoms with Gasteiger partial charge in [-0.25, -0.2) is 0 Å². The molecule has 1 aromatic heterocycles. The number of aryl methyl sites for hydroxylation is 1. The topological polar surface area (TPSA) is 63.1 Å². The van der Waals surface area contributed by atoms with Gasteiger partial charge in [0.05, 0.1) is 0 Å². The van der Waals surface area contributed by atoms with Crippen molar-refractivity contribution in [1.82, 2.24) is 25.0 Å². The van der Waals surface area contributed by atoms with E-state index in [9.17, 15) is 4.79 Å². The number of nitrogens with zero attached hydrogens (tertiary/aromatic N) is 4. The van der Waals surface area contributed by atoms with Crippen LogP contribution in [0.15, 0.2) is 48.5 Å². The highest BCUT2D eigenvalue weighted by Crippen LogP contribution is 2.26. The molecule has 33 heavy (non-hydrogen) atoms. The van der Waals surface area contributed by atoms with Crippen molar-refractivity contribution in [1.29, 1.82) is 0 Å². The van der Waals surface area contributed by atoms with Gasteiger partial charge in [-0.1, -0.05) is 55.0 Å². The first kappa shape index (κ1) is 21.8. The summed E-state index contributed by atoms with van der Waals surface area (Å²) in [6, 6.07) is 17.5. The Morgan fingerprint density at radius 1 is 1.03 bits per heavy atom. The fourth-order valence-corrected chi connectivity index (χ4v) is 4.83. The van der Waals surface area contributed by atoms with Gasteiger partial charge in [0.25, 0.3) is 0 Å². The smallest absolute Gasteiger partial charge is 0.223 e. The molecule has 2 aromatic carbocycles. The van der Waals surface area contributed by atoms with Crippen LogP contribution in [0.3, 0.4) is 0 Å². The monoisotopic (exact) mass is 443 g/mol. The summed E-state index contributed by atoms with van der Waals surface area (Å²) in [4.78, 5) is 14.6. The number of rotatable bonds is 7. The molecular formula is C27H33N5O. The molecule has 0 saturated heterocycles. The maximum atomic E-state index is 12.1. The number of fused-ring (bicyclic) bond motifs is 1. The highest BCUT2D eigenvalue weighted by Gasteiger charge is 2.25. The van der Waals surface area contributed by atoms with Gasteiger partial charge in [0, 0.05) is 51.5 Å². The van der Waals surface area contributed by atoms with Gasteiger partial charge in [0.2, 0.25) is 5.91 Å². The van der Waals surface area contributed by atoms with Gasteiger partial charge in [0.15, 0.2) is 0 Å². The van der Waals surface area contributed by atoms with Gasteiger partial charge in [0.1, 0.15) is 11.6 Å². The lowest BCUT2D eigenvalue weighted by Gasteiger charge is -2.24. The summed E-state index contributed by atoms with van der Waals surface area (Å²) in [5.41, 5.74) is 5.21. The molecule has 1 aliphatic heterocycles. The molecule has 0 spiro atoms. The Balaban J connectivity index is 1.15. The van der Waals surface area contributed by atoms with Crippen LogP contribution in [0.2, 0.25) is 0 Å². The molecule has 6 nitrogen and oxygen atoms in total. The van der Waals surface area contributed by atoms with E-state index in [1.165, 1.54) is 28.7 Å². The van der Waals surface area contributed by atoms with E-state index in [-0.39, 0.29) is 11.8 Å². The molecule has 172 valence electrons. The second-order valence-corrected chi connectivity index (χ2v) is 9.39. The van der Waals surface area contributed by atoms with Crippen molar-refractivity contribution < 1.29 is 4.79 Å². The summed E-state index contributed by atoms with van der Waals surface area (Å²) in [5.74, 6) is 2.49. The van der Waals surface area contributed by atoms with E-state index >= 15 is 0 Å². The molecular weight excluding hydrogens is 410 g/mol. The predicted molar refractivity (Wildman–Crippen MR) is 130 cm³/mol. The van der Waals surface area contributed by atoms with Gasteiger partial charge >= 0.3 is 0 Å². The van der Waals surface area contributed by atoms with Crippen LogP contribution in [0.1, 0.15) is 42.0 Å². The van der Waals surface area contributed by atoms with E-state index < -0.39 is 0 Å². The van der Waals surface area contributed by atoms with Gasteiger partial charge in [-0.3, -0.25) is 9.69 Å². The molecule has 1 fully saturated rings. The quantitative estimate of drug-likeness (QED) is 0.604. The maximum absolute atomic E-state index is 12.1. The molecule has 0 radical (unpaired) electrons. The van der Waals surface area contributed by atoms with Crippen molar-refractivity contribution in [3.05, 3.63) is 71.3 Å². The average molecular weight is 444 g/mol. The van der Waals surface area contributed by atoms with Crippen LogP contribution in [0, 0.1) is 12.8 Å². The van der Waals surface area contributed by atoms with Gasteiger partial charge in [-0.05, 0) is 42.0 Å². The Morgan fingerprint density at radius 2 is 1.85 bits per heavy atom. The molecule has 1 N–H and O–H groups in total. The Labute approximate surface area is 196 Å². The van der Waals surface area contributed by atoms with Crippen molar-refractivity contribution in [2.24, 2.45) is 5.92 Å². The SMILES string of the molecule is Cc1ccccc1-c1ccc(CN2CCc3nnc(CCNC(=O)C4CCC4)n3CC2)cc1. The number of benzene rings is 2. The zero-order valence-electron chi connectivity index (χ0n) is 19.5. The lowest BCUT2D eigenvalue weighted by atomic mass is 9.85. The Hall–Kier alpha value is -2.99. The summed E-state index contributed by atoms with van der Waals surface area (Å²) in [6.07, 6.45) is 4.91. The fourth-order valence-electron chi connectivity index (χ4n) is 4.83. The minimum atomic E-state index is 0.205. The third-order valence-corrected chi connectivity index (χ3v) is 7.14. The first-order chi connectivity index (χ1) is 16.2. The van der Waals surface area contributed by atoms with E-state index in [1.807, 2.05) is 0 Å². The number of hydrogen-bond acceptors (Lipinski definition) is 4. The van der Waals surface area contributed by atoms with Crippen LogP contribution in [-0.2, 0) is 30.7 Å². The summed E-state index contributed by atoms with van der Waals surface area (Å²) in [7, 11) is 0. The first-order valence-corrected chi connectivity index (χ1v) is 12.2. The molecule has 1 aliphatic carbocycles. The minimum absolute atomic E-state index is 0.205. The van der Waals surface area contributed by atoms with E-state index in [0.29, 0.717) is 6.54 Å². The molecule has 0 bridgehead atoms. The zero-order valence-corrected chi connectivity index (χ0v) is 19.5. The second-order valence-electron chi connectivity index (χ2n) is 9.39. The normalized spacial score (nSPS) is 16.6. The number of aromatic nitrogens is 3. The molecule has 1 saturated carbocycles. The summed E-state index contributed by atoms with van der Waals surface area (Å²) in [5, 5.41) is 11.9. The molecule has 6 heteroatoms. The molecule has 2 heterocycles. The highest BCUT2D eigenvalue weighted by atomic mass is 16.1. The number of hydrogen-bond donors (Lipinski definition) is 1. The maximum Gasteiger partial charge on any atom is 0.223 e. The molecule has 2 aliphatic rings. The summed E-state index contributed by atoms with van der Waals surface area (Å²) < 4.78 is 2.26. The Bertz CT molecular complexity index is 1100. The third-order valence-electron chi connectivity index (χ3n) is 7.14. The molecule has 0 unspecified atom stereocenters. The van der Waals surface area contributed by atoms with Crippen LogP contribution in [0.4, 0.5) is 0 Å². The van der Waals surface area contributed by atoms with Crippen LogP contribution < -0.4 is 5.32 Å². The molecule has 1 amide bonds. The van der Waals surface area contributed by atoms with Crippen LogP contribution in [0.25, 0.3) is 11.1 Å². The first-order valence-electron chi connectivity index (χ1n) is 12.2. The van der Waals surface area contributed by atoms with E-state index in [2.05, 4.69) is 80.4 Å². The van der Waals surface area contributed by atoms with Crippen LogP contribution in [0.5, 0.6) is 0 Å². The highest BCUT2D eigenvalue weighted by molar-refractivity contribution is 5.79. The van der Waals surface area contributed by atoms with Crippen LogP contribution in [-0.4, -0.2) is 45.2 Å². The fraction of sp³-hybridized carbons (Fsp3) is 0.444. The number of amides is 1. The van der Waals surface area contributed by atoms with Crippen molar-refractivity contribution in [3.8, 4) is 11.1 Å². The van der Waals surface area contributed by atoms with E-state index in [0.717, 1.165) is 63.5 Å². The van der Waals surface area contributed by atoms with Crippen molar-refractivity contribution in [2.45, 2.75) is 52.1 Å². The largest absolute Gasteiger partial charge is 0.355 e. The summed E-state index contributed by atoms with van der Waals surface area (Å²) >= 11 is 0. The minimum Gasteiger partial charge on any atom is -0.355 e. The van der Waals surface area contributed by atoms with E-state index in [1.54, 1.807) is 0 Å². The van der Waals surface area contributed by atoms with Crippen molar-refractivity contribution >= 4 is 5.91 Å². The molecule has 0 atom stereocenters. The molecule has 5 rings (SSSR count). The standard InChI is InChI=1S/C27H33N5O/c1-20-5-2-3-8-24(20)22-11-9-21(10-12-22)19-31-16-14-26-30-29-25(32(26)18-17-31)13-15-28-27(33)23-6-4-7-23/h2-3,5,8-12,23H,4,6-7,13-19H2,1H3,(H,28,33). The van der Waals surface area contributed by atoms with Crippen molar-refractivity contribution in [2.75, 3.05) is 19.6 Å². The van der Waals surface area contributed by atoms with Gasteiger partial charge < -0.3 is 9.88 Å². The summed E-state index contributed by atoms with van der Waals surface area (Å²) in [6.45, 7) is 6.61. The third kappa shape index (κ3) is 5.01. The lowest BCUT2D eigenvalue weighted by Crippen LogP contribution is -2.35. The van der Waals surface area contributed by atoms with Gasteiger partial charge in [-0.2, -0.15) is 0 Å². The second kappa shape index (κ2) is 9.87. The molecule has 3 aromatic rings. The Morgan fingerprint density at radius 3 is 2.61 bits per heavy atom. The average Bonchev–Trinajstić information content (AvgIpc) is 3.05. The number of carbonyl (C=O) groups is 1. The van der Waals surface area contributed by atoms with Crippen molar-refractivity contribution in [3.63, 3.8) is 0 Å². The zero-order chi connectivity index (χ0) is 22.6. The van der Waals surface area contributed by atoms with Gasteiger partial charge in [-0.15, -0.1) is 10.2 Å². The van der Waals surface area contributed by atoms with Crippen LogP contribution >= 0.6 is 0 Å². The predicted octanol–water partition coefficient (Wildman–Crippen LogP) is 3.77. The Kier molecular flexibility index (Phi) is 6.53. The van der Waals surface area contributed by atoms with E-state index in [4.69, 9.17) is 0 Å². The number of carbonyl (C=O) groups excluding carboxylic acids is 1.